The van der Waals surface area contributed by atoms with Gasteiger partial charge in [0.2, 0.25) is 0 Å². The normalized spacial score (nSPS) is 10.7. The topological polar surface area (TPSA) is 50.2 Å². The van der Waals surface area contributed by atoms with E-state index in [-0.39, 0.29) is 15.1 Å². The van der Waals surface area contributed by atoms with Gasteiger partial charge in [0.1, 0.15) is 9.39 Å². The number of pyridine rings is 1. The number of aromatic nitrogens is 1. The quantitative estimate of drug-likeness (QED) is 0.676. The van der Waals surface area contributed by atoms with Crippen molar-refractivity contribution < 1.29 is 18.7 Å². The molecule has 0 spiro atoms. The maximum atomic E-state index is 12.3. The summed E-state index contributed by atoms with van der Waals surface area (Å²) in [5, 5.41) is 8.33. The smallest absolute Gasteiger partial charge is 0.307 e. The highest BCUT2D eigenvalue weighted by Crippen LogP contribution is 2.27. The van der Waals surface area contributed by atoms with E-state index in [1.807, 2.05) is 0 Å². The van der Waals surface area contributed by atoms with Crippen molar-refractivity contribution in [1.82, 2.24) is 4.98 Å². The number of hydrogen-bond donors (Lipinski definition) is 1. The van der Waals surface area contributed by atoms with Crippen molar-refractivity contribution in [2.45, 2.75) is 12.8 Å². The fraction of sp³-hybridized carbons (Fsp3) is 0.250. The van der Waals surface area contributed by atoms with Crippen LogP contribution in [0, 0.1) is 3.70 Å². The molecule has 0 bridgehead atoms. The molecule has 0 atom stereocenters. The highest BCUT2D eigenvalue weighted by Gasteiger charge is 2.17. The Labute approximate surface area is 103 Å². The Bertz CT molecular complexity index is 400. The largest absolute Gasteiger partial charge is 0.481 e. The lowest BCUT2D eigenvalue weighted by atomic mass is 10.2. The Morgan fingerprint density at radius 1 is 1.67 bits per heavy atom. The monoisotopic (exact) mass is 347 g/mol. The molecule has 0 fully saturated rings. The second kappa shape index (κ2) is 5.02. The molecule has 0 aliphatic rings. The summed E-state index contributed by atoms with van der Waals surface area (Å²) in [7, 11) is 0. The van der Waals surface area contributed by atoms with Crippen molar-refractivity contribution in [3.8, 4) is 0 Å². The van der Waals surface area contributed by atoms with Crippen LogP contribution in [-0.4, -0.2) is 16.1 Å². The summed E-state index contributed by atoms with van der Waals surface area (Å²) < 4.78 is 24.9. The van der Waals surface area contributed by atoms with Crippen molar-refractivity contribution in [2.24, 2.45) is 0 Å². The second-order valence-electron chi connectivity index (χ2n) is 2.68. The van der Waals surface area contributed by atoms with Gasteiger partial charge in [0.25, 0.3) is 6.43 Å². The molecular formula is C8H5ClF2INO2. The standard InChI is InChI=1S/C8H5ClF2INO2/c9-4-1-3(2-5(14)15)8(12)13-6(4)7(10)11/h1,7H,2H2,(H,14,15). The molecule has 82 valence electrons. The van der Waals surface area contributed by atoms with E-state index in [1.165, 1.54) is 6.07 Å². The summed E-state index contributed by atoms with van der Waals surface area (Å²) in [6.45, 7) is 0. The SMILES string of the molecule is O=C(O)Cc1cc(Cl)c(C(F)F)nc1I. The van der Waals surface area contributed by atoms with E-state index in [1.54, 1.807) is 22.6 Å². The Kier molecular flexibility index (Phi) is 4.21. The van der Waals surface area contributed by atoms with E-state index in [0.29, 0.717) is 5.56 Å². The van der Waals surface area contributed by atoms with E-state index in [4.69, 9.17) is 16.7 Å². The number of nitrogens with zero attached hydrogens (tertiary/aromatic N) is 1. The molecule has 1 aromatic heterocycles. The third-order valence-electron chi connectivity index (χ3n) is 1.58. The molecule has 0 saturated carbocycles. The number of carboxylic acids is 1. The number of halogens is 4. The van der Waals surface area contributed by atoms with Gasteiger partial charge in [0.15, 0.2) is 0 Å². The average molecular weight is 347 g/mol. The van der Waals surface area contributed by atoms with Crippen LogP contribution in [0.15, 0.2) is 6.07 Å². The minimum Gasteiger partial charge on any atom is -0.481 e. The van der Waals surface area contributed by atoms with Gasteiger partial charge in [-0.05, 0) is 34.2 Å². The van der Waals surface area contributed by atoms with E-state index in [9.17, 15) is 13.6 Å². The first kappa shape index (κ1) is 12.6. The molecule has 0 radical (unpaired) electrons. The molecule has 0 aliphatic carbocycles. The van der Waals surface area contributed by atoms with Crippen molar-refractivity contribution >= 4 is 40.2 Å². The first-order valence-electron chi connectivity index (χ1n) is 3.76. The Morgan fingerprint density at radius 2 is 2.27 bits per heavy atom. The molecule has 0 saturated heterocycles. The Hall–Kier alpha value is -0.500. The van der Waals surface area contributed by atoms with E-state index in [0.717, 1.165) is 0 Å². The third kappa shape index (κ3) is 3.23. The number of alkyl halides is 2. The fourth-order valence-corrected chi connectivity index (χ4v) is 1.82. The van der Waals surface area contributed by atoms with Gasteiger partial charge in [-0.3, -0.25) is 4.79 Å². The molecule has 3 nitrogen and oxygen atoms in total. The highest BCUT2D eigenvalue weighted by atomic mass is 127. The summed E-state index contributed by atoms with van der Waals surface area (Å²) in [4.78, 5) is 14.0. The number of hydrogen-bond acceptors (Lipinski definition) is 2. The van der Waals surface area contributed by atoms with E-state index in [2.05, 4.69) is 4.98 Å². The van der Waals surface area contributed by atoms with Crippen LogP contribution in [0.2, 0.25) is 5.02 Å². The van der Waals surface area contributed by atoms with Crippen LogP contribution in [0.4, 0.5) is 8.78 Å². The zero-order valence-corrected chi connectivity index (χ0v) is 10.1. The molecule has 0 aliphatic heterocycles. The summed E-state index contributed by atoms with van der Waals surface area (Å²) in [5.74, 6) is -1.06. The van der Waals surface area contributed by atoms with Crippen LogP contribution < -0.4 is 0 Å². The fourth-order valence-electron chi connectivity index (χ4n) is 0.957. The average Bonchev–Trinajstić information content (AvgIpc) is 2.09. The van der Waals surface area contributed by atoms with Crippen molar-refractivity contribution in [3.63, 3.8) is 0 Å². The predicted octanol–water partition coefficient (Wildman–Crippen LogP) is 2.90. The molecule has 0 aromatic carbocycles. The lowest BCUT2D eigenvalue weighted by Crippen LogP contribution is -2.05. The molecule has 15 heavy (non-hydrogen) atoms. The van der Waals surface area contributed by atoms with Crippen molar-refractivity contribution in [1.29, 1.82) is 0 Å². The van der Waals surface area contributed by atoms with Gasteiger partial charge in [-0.25, -0.2) is 13.8 Å². The van der Waals surface area contributed by atoms with Gasteiger partial charge in [-0.1, -0.05) is 11.6 Å². The van der Waals surface area contributed by atoms with Gasteiger partial charge in [0, 0.05) is 0 Å². The molecule has 1 heterocycles. The van der Waals surface area contributed by atoms with Crippen LogP contribution in [-0.2, 0) is 11.2 Å². The summed E-state index contributed by atoms with van der Waals surface area (Å²) in [6, 6.07) is 1.21. The molecule has 0 amide bonds. The second-order valence-corrected chi connectivity index (χ2v) is 4.11. The molecule has 7 heteroatoms. The lowest BCUT2D eigenvalue weighted by Gasteiger charge is -2.06. The molecule has 1 N–H and O–H groups in total. The lowest BCUT2D eigenvalue weighted by molar-refractivity contribution is -0.136. The molecule has 1 aromatic rings. The summed E-state index contributed by atoms with van der Waals surface area (Å²) in [5.41, 5.74) is -0.187. The first-order valence-corrected chi connectivity index (χ1v) is 5.22. The highest BCUT2D eigenvalue weighted by molar-refractivity contribution is 14.1. The molecule has 0 unspecified atom stereocenters. The van der Waals surface area contributed by atoms with Crippen LogP contribution in [0.1, 0.15) is 17.7 Å². The van der Waals surface area contributed by atoms with Gasteiger partial charge in [-0.15, -0.1) is 0 Å². The van der Waals surface area contributed by atoms with Gasteiger partial charge in [-0.2, -0.15) is 0 Å². The zero-order chi connectivity index (χ0) is 11.6. The first-order chi connectivity index (χ1) is 6.91. The van der Waals surface area contributed by atoms with Crippen molar-refractivity contribution in [3.05, 3.63) is 26.0 Å². The molecule has 1 rings (SSSR count). The van der Waals surface area contributed by atoms with Crippen LogP contribution >= 0.6 is 34.2 Å². The maximum absolute atomic E-state index is 12.3. The number of rotatable bonds is 3. The summed E-state index contributed by atoms with van der Waals surface area (Å²) >= 11 is 7.24. The number of carbonyl (C=O) groups is 1. The van der Waals surface area contributed by atoms with Gasteiger partial charge in [0.05, 0.1) is 11.4 Å². The minimum absolute atomic E-state index is 0.207. The van der Waals surface area contributed by atoms with E-state index >= 15 is 0 Å². The minimum atomic E-state index is -2.76. The van der Waals surface area contributed by atoms with Gasteiger partial charge < -0.3 is 5.11 Å². The Balaban J connectivity index is 3.13. The predicted molar refractivity (Wildman–Crippen MR) is 58.3 cm³/mol. The van der Waals surface area contributed by atoms with Crippen molar-refractivity contribution in [2.75, 3.05) is 0 Å². The zero-order valence-electron chi connectivity index (χ0n) is 7.18. The Morgan fingerprint density at radius 3 is 2.73 bits per heavy atom. The van der Waals surface area contributed by atoms with Crippen LogP contribution in [0.25, 0.3) is 0 Å². The summed E-state index contributed by atoms with van der Waals surface area (Å²) in [6.07, 6.45) is -3.04. The number of carboxylic acid groups (broad SMARTS) is 1. The van der Waals surface area contributed by atoms with Gasteiger partial charge >= 0.3 is 5.97 Å². The van der Waals surface area contributed by atoms with E-state index < -0.39 is 18.1 Å². The number of aliphatic carboxylic acids is 1. The van der Waals surface area contributed by atoms with Crippen LogP contribution in [0.3, 0.4) is 0 Å². The maximum Gasteiger partial charge on any atom is 0.307 e. The van der Waals surface area contributed by atoms with Crippen LogP contribution in [0.5, 0.6) is 0 Å². The third-order valence-corrected chi connectivity index (χ3v) is 2.81. The molecular weight excluding hydrogens is 342 g/mol.